The minimum Gasteiger partial charge on any atom is -0.377 e. The van der Waals surface area contributed by atoms with Crippen LogP contribution in [0.15, 0.2) is 0 Å². The van der Waals surface area contributed by atoms with Crippen LogP contribution in [0.2, 0.25) is 0 Å². The first-order valence-corrected chi connectivity index (χ1v) is 7.57. The molecule has 0 aromatic rings. The van der Waals surface area contributed by atoms with E-state index >= 15 is 0 Å². The quantitative estimate of drug-likeness (QED) is 0.814. The molecule has 0 radical (unpaired) electrons. The highest BCUT2D eigenvalue weighted by Crippen LogP contribution is 2.36. The monoisotopic (exact) mass is 254 g/mol. The van der Waals surface area contributed by atoms with Crippen LogP contribution in [0.4, 0.5) is 0 Å². The summed E-state index contributed by atoms with van der Waals surface area (Å²) in [6.45, 7) is 10.3. The molecule has 3 unspecified atom stereocenters. The summed E-state index contributed by atoms with van der Waals surface area (Å²) in [6, 6.07) is 1.41. The van der Waals surface area contributed by atoms with E-state index in [2.05, 4.69) is 31.0 Å². The number of piperidine rings is 1. The normalized spacial score (nSPS) is 37.8. The Labute approximate surface area is 112 Å². The van der Waals surface area contributed by atoms with Gasteiger partial charge in [0.15, 0.2) is 0 Å². The lowest BCUT2D eigenvalue weighted by molar-refractivity contribution is -0.0806. The zero-order valence-electron chi connectivity index (χ0n) is 12.5. The summed E-state index contributed by atoms with van der Waals surface area (Å²) >= 11 is 0. The van der Waals surface area contributed by atoms with Crippen molar-refractivity contribution in [3.05, 3.63) is 0 Å². The summed E-state index contributed by atoms with van der Waals surface area (Å²) in [4.78, 5) is 2.68. The molecule has 0 bridgehead atoms. The molecule has 2 rings (SSSR count). The molecule has 0 spiro atoms. The minimum atomic E-state index is 0.0872. The number of methoxy groups -OCH3 is 1. The molecule has 0 aromatic heterocycles. The Bertz CT molecular complexity index is 269. The minimum absolute atomic E-state index is 0.0872. The molecule has 3 nitrogen and oxygen atoms in total. The lowest BCUT2D eigenvalue weighted by atomic mass is 9.76. The second kappa shape index (κ2) is 5.89. The number of hydrogen-bond acceptors (Lipinski definition) is 3. The Hall–Kier alpha value is -0.120. The van der Waals surface area contributed by atoms with Gasteiger partial charge in [0.05, 0.1) is 5.60 Å². The van der Waals surface area contributed by atoms with E-state index in [1.54, 1.807) is 0 Å². The van der Waals surface area contributed by atoms with Crippen molar-refractivity contribution in [2.24, 2.45) is 5.92 Å². The first-order chi connectivity index (χ1) is 8.54. The Balaban J connectivity index is 1.84. The molecular weight excluding hydrogens is 224 g/mol. The Morgan fingerprint density at radius 1 is 1.39 bits per heavy atom. The van der Waals surface area contributed by atoms with E-state index in [0.717, 1.165) is 18.5 Å². The molecular formula is C15H30N2O. The van der Waals surface area contributed by atoms with E-state index < -0.39 is 0 Å². The van der Waals surface area contributed by atoms with Crippen molar-refractivity contribution in [2.45, 2.75) is 64.1 Å². The van der Waals surface area contributed by atoms with Gasteiger partial charge >= 0.3 is 0 Å². The smallest absolute Gasteiger partial charge is 0.0777 e. The predicted octanol–water partition coefficient (Wildman–Crippen LogP) is 2.26. The zero-order valence-corrected chi connectivity index (χ0v) is 12.5. The maximum absolute atomic E-state index is 5.70. The van der Waals surface area contributed by atoms with E-state index in [1.807, 2.05) is 7.11 Å². The molecule has 1 heterocycles. The zero-order chi connectivity index (χ0) is 13.2. The summed E-state index contributed by atoms with van der Waals surface area (Å²) in [5, 5.41) is 3.59. The summed E-state index contributed by atoms with van der Waals surface area (Å²) in [7, 11) is 1.86. The number of rotatable bonds is 5. The predicted molar refractivity (Wildman–Crippen MR) is 75.9 cm³/mol. The van der Waals surface area contributed by atoms with Gasteiger partial charge in [-0.3, -0.25) is 4.90 Å². The number of nitrogens with zero attached hydrogens (tertiary/aromatic N) is 1. The van der Waals surface area contributed by atoms with Crippen LogP contribution in [-0.4, -0.2) is 49.3 Å². The van der Waals surface area contributed by atoms with Crippen molar-refractivity contribution in [3.63, 3.8) is 0 Å². The van der Waals surface area contributed by atoms with Gasteiger partial charge in [-0.2, -0.15) is 0 Å². The molecule has 18 heavy (non-hydrogen) atoms. The molecule has 3 atom stereocenters. The third-order valence-electron chi connectivity index (χ3n) is 4.82. The second-order valence-corrected chi connectivity index (χ2v) is 6.70. The Morgan fingerprint density at radius 3 is 2.72 bits per heavy atom. The van der Waals surface area contributed by atoms with Gasteiger partial charge in [-0.1, -0.05) is 13.8 Å². The van der Waals surface area contributed by atoms with Crippen LogP contribution in [0.25, 0.3) is 0 Å². The van der Waals surface area contributed by atoms with Crippen molar-refractivity contribution < 1.29 is 4.74 Å². The van der Waals surface area contributed by atoms with Crippen molar-refractivity contribution in [3.8, 4) is 0 Å². The van der Waals surface area contributed by atoms with Crippen LogP contribution in [0, 0.1) is 5.92 Å². The molecule has 1 saturated heterocycles. The van der Waals surface area contributed by atoms with E-state index in [9.17, 15) is 0 Å². The lowest BCUT2D eigenvalue weighted by Gasteiger charge is -2.50. The summed E-state index contributed by atoms with van der Waals surface area (Å²) in [5.74, 6) is 0.853. The maximum Gasteiger partial charge on any atom is 0.0777 e. The first kappa shape index (κ1) is 14.3. The van der Waals surface area contributed by atoms with Gasteiger partial charge in [0.2, 0.25) is 0 Å². The van der Waals surface area contributed by atoms with Gasteiger partial charge in [-0.25, -0.2) is 0 Å². The van der Waals surface area contributed by atoms with Crippen LogP contribution < -0.4 is 5.32 Å². The fraction of sp³-hybridized carbons (Fsp3) is 1.00. The fourth-order valence-electron chi connectivity index (χ4n) is 3.35. The highest BCUT2D eigenvalue weighted by molar-refractivity contribution is 4.95. The topological polar surface area (TPSA) is 24.5 Å². The standard InChI is InChI=1S/C15H30N2O/c1-12(2)16-10-13-6-7-14(13)17-9-5-8-15(3,11-17)18-4/h12-14,16H,5-11H2,1-4H3. The van der Waals surface area contributed by atoms with Crippen molar-refractivity contribution in [2.75, 3.05) is 26.7 Å². The molecule has 1 saturated carbocycles. The van der Waals surface area contributed by atoms with Crippen molar-refractivity contribution >= 4 is 0 Å². The van der Waals surface area contributed by atoms with Crippen LogP contribution in [0.3, 0.4) is 0 Å². The molecule has 1 N–H and O–H groups in total. The van der Waals surface area contributed by atoms with Gasteiger partial charge in [-0.05, 0) is 51.6 Å². The van der Waals surface area contributed by atoms with Gasteiger partial charge in [0.1, 0.15) is 0 Å². The lowest BCUT2D eigenvalue weighted by Crippen LogP contribution is -2.57. The number of ether oxygens (including phenoxy) is 1. The first-order valence-electron chi connectivity index (χ1n) is 7.57. The summed E-state index contributed by atoms with van der Waals surface area (Å²) in [5.41, 5.74) is 0.0872. The van der Waals surface area contributed by atoms with Crippen LogP contribution in [0.5, 0.6) is 0 Å². The highest BCUT2D eigenvalue weighted by atomic mass is 16.5. The molecule has 0 aromatic carbocycles. The van der Waals surface area contributed by atoms with Crippen LogP contribution in [-0.2, 0) is 4.74 Å². The Morgan fingerprint density at radius 2 is 2.17 bits per heavy atom. The Kier molecular flexibility index (Phi) is 4.68. The van der Waals surface area contributed by atoms with E-state index in [0.29, 0.717) is 6.04 Å². The molecule has 0 amide bonds. The van der Waals surface area contributed by atoms with Crippen molar-refractivity contribution in [1.29, 1.82) is 0 Å². The SMILES string of the molecule is COC1(C)CCCN(C2CCC2CNC(C)C)C1. The molecule has 1 aliphatic heterocycles. The summed E-state index contributed by atoms with van der Waals surface area (Å²) in [6.07, 6.45) is 5.27. The molecule has 106 valence electrons. The van der Waals surface area contributed by atoms with Gasteiger partial charge < -0.3 is 10.1 Å². The third kappa shape index (κ3) is 3.25. The maximum atomic E-state index is 5.70. The number of nitrogens with one attached hydrogen (secondary N) is 1. The number of likely N-dealkylation sites (tertiary alicyclic amines) is 1. The van der Waals surface area contributed by atoms with Gasteiger partial charge in [0.25, 0.3) is 0 Å². The average molecular weight is 254 g/mol. The van der Waals surface area contributed by atoms with E-state index in [1.165, 1.54) is 38.8 Å². The second-order valence-electron chi connectivity index (χ2n) is 6.70. The van der Waals surface area contributed by atoms with Crippen LogP contribution in [0.1, 0.15) is 46.5 Å². The van der Waals surface area contributed by atoms with Crippen molar-refractivity contribution in [1.82, 2.24) is 10.2 Å². The van der Waals surface area contributed by atoms with Crippen LogP contribution >= 0.6 is 0 Å². The molecule has 2 fully saturated rings. The third-order valence-corrected chi connectivity index (χ3v) is 4.82. The van der Waals surface area contributed by atoms with Gasteiger partial charge in [0, 0.05) is 25.7 Å². The number of hydrogen-bond donors (Lipinski definition) is 1. The molecule has 2 aliphatic rings. The van der Waals surface area contributed by atoms with E-state index in [-0.39, 0.29) is 5.60 Å². The van der Waals surface area contributed by atoms with E-state index in [4.69, 9.17) is 4.74 Å². The van der Waals surface area contributed by atoms with Gasteiger partial charge in [-0.15, -0.1) is 0 Å². The fourth-order valence-corrected chi connectivity index (χ4v) is 3.35. The molecule has 1 aliphatic carbocycles. The average Bonchev–Trinajstić information content (AvgIpc) is 2.27. The largest absolute Gasteiger partial charge is 0.377 e. The highest BCUT2D eigenvalue weighted by Gasteiger charge is 2.40. The summed E-state index contributed by atoms with van der Waals surface area (Å²) < 4.78 is 5.70. The molecule has 3 heteroatoms.